The Morgan fingerprint density at radius 1 is 1.47 bits per heavy atom. The minimum Gasteiger partial charge on any atom is -0.396 e. The predicted octanol–water partition coefficient (Wildman–Crippen LogP) is 1.89. The summed E-state index contributed by atoms with van der Waals surface area (Å²) in [6.45, 7) is 0.458. The molecule has 0 saturated heterocycles. The van der Waals surface area contributed by atoms with E-state index >= 15 is 0 Å². The topological polar surface area (TPSA) is 79.3 Å². The smallest absolute Gasteiger partial charge is 0.243 e. The van der Waals surface area contributed by atoms with Crippen molar-refractivity contribution in [2.24, 2.45) is 0 Å². The van der Waals surface area contributed by atoms with Crippen LogP contribution in [0.15, 0.2) is 21.6 Å². The lowest BCUT2D eigenvalue weighted by Gasteiger charge is -2.08. The number of thioether (sulfide) groups is 1. The van der Waals surface area contributed by atoms with Crippen molar-refractivity contribution in [2.75, 3.05) is 24.7 Å². The second-order valence-corrected chi connectivity index (χ2v) is 7.76. The fraction of sp³-hybridized carbons (Fsp3) is 0.500. The molecule has 0 spiro atoms. The number of sulfonamides is 1. The summed E-state index contributed by atoms with van der Waals surface area (Å²) in [7, 11) is -3.64. The van der Waals surface area contributed by atoms with Crippen molar-refractivity contribution in [3.63, 3.8) is 0 Å². The number of nitrogens with one attached hydrogen (secondary N) is 1. The molecule has 0 bridgehead atoms. The van der Waals surface area contributed by atoms with Crippen molar-refractivity contribution in [3.8, 4) is 0 Å². The van der Waals surface area contributed by atoms with Gasteiger partial charge in [-0.15, -0.1) is 0 Å². The van der Waals surface area contributed by atoms with E-state index in [1.54, 1.807) is 11.8 Å². The van der Waals surface area contributed by atoms with Gasteiger partial charge in [0.05, 0.1) is 0 Å². The molecule has 0 aliphatic carbocycles. The highest BCUT2D eigenvalue weighted by molar-refractivity contribution is 9.10. The van der Waals surface area contributed by atoms with E-state index in [-0.39, 0.29) is 16.7 Å². The Morgan fingerprint density at radius 2 is 2.21 bits per heavy atom. The van der Waals surface area contributed by atoms with Crippen LogP contribution in [-0.4, -0.2) is 43.2 Å². The first-order chi connectivity index (χ1) is 8.97. The van der Waals surface area contributed by atoms with Crippen LogP contribution in [0.3, 0.4) is 0 Å². The molecule has 9 heteroatoms. The third kappa shape index (κ3) is 5.97. The van der Waals surface area contributed by atoms with Crippen molar-refractivity contribution in [1.82, 2.24) is 9.71 Å². The molecular formula is C10H14BrClN2O3S2. The molecule has 0 unspecified atom stereocenters. The van der Waals surface area contributed by atoms with E-state index in [4.69, 9.17) is 16.7 Å². The minimum absolute atomic E-state index is 0.0381. The third-order valence-corrected chi connectivity index (χ3v) is 5.44. The zero-order valence-corrected chi connectivity index (χ0v) is 13.9. The quantitative estimate of drug-likeness (QED) is 0.524. The zero-order chi connectivity index (χ0) is 14.3. The van der Waals surface area contributed by atoms with Crippen LogP contribution in [0.5, 0.6) is 0 Å². The van der Waals surface area contributed by atoms with Crippen LogP contribution >= 0.6 is 39.3 Å². The zero-order valence-electron chi connectivity index (χ0n) is 9.97. The largest absolute Gasteiger partial charge is 0.396 e. The molecule has 0 aliphatic heterocycles. The van der Waals surface area contributed by atoms with Crippen LogP contribution in [0.4, 0.5) is 0 Å². The van der Waals surface area contributed by atoms with Crippen molar-refractivity contribution in [3.05, 3.63) is 21.9 Å². The van der Waals surface area contributed by atoms with Crippen molar-refractivity contribution < 1.29 is 13.5 Å². The number of aliphatic hydroxyl groups excluding tert-OH is 1. The number of hydrogen-bond donors (Lipinski definition) is 2. The van der Waals surface area contributed by atoms with Crippen LogP contribution < -0.4 is 4.72 Å². The van der Waals surface area contributed by atoms with E-state index in [1.807, 2.05) is 0 Å². The summed E-state index contributed by atoms with van der Waals surface area (Å²) in [6.07, 6.45) is 2.14. The van der Waals surface area contributed by atoms with E-state index in [0.717, 1.165) is 5.75 Å². The number of hydrogen-bond acceptors (Lipinski definition) is 5. The molecule has 0 aliphatic rings. The number of aromatic nitrogens is 1. The van der Waals surface area contributed by atoms with Gasteiger partial charge in [0.2, 0.25) is 10.0 Å². The van der Waals surface area contributed by atoms with E-state index in [1.165, 1.54) is 12.3 Å². The molecule has 1 heterocycles. The number of rotatable bonds is 8. The number of nitrogens with zero attached hydrogens (tertiary/aromatic N) is 1. The molecule has 0 radical (unpaired) electrons. The SMILES string of the molecule is O=S(=O)(NCCSCCCO)c1cc(Br)cnc1Cl. The summed E-state index contributed by atoms with van der Waals surface area (Å²) in [5, 5.41) is 8.55. The molecule has 19 heavy (non-hydrogen) atoms. The van der Waals surface area contributed by atoms with Crippen molar-refractivity contribution >= 4 is 49.3 Å². The molecule has 0 amide bonds. The molecule has 5 nitrogen and oxygen atoms in total. The molecule has 2 N–H and O–H groups in total. The summed E-state index contributed by atoms with van der Waals surface area (Å²) < 4.78 is 27.0. The molecule has 1 rings (SSSR count). The molecule has 1 aromatic rings. The van der Waals surface area contributed by atoms with Gasteiger partial charge in [0.1, 0.15) is 10.0 Å². The normalized spacial score (nSPS) is 11.7. The summed E-state index contributed by atoms with van der Waals surface area (Å²) in [6, 6.07) is 1.41. The first-order valence-corrected chi connectivity index (χ1v) is 9.27. The van der Waals surface area contributed by atoms with Crippen LogP contribution in [0.2, 0.25) is 5.15 Å². The summed E-state index contributed by atoms with van der Waals surface area (Å²) >= 11 is 10.5. The Balaban J connectivity index is 2.54. The fourth-order valence-electron chi connectivity index (χ4n) is 1.19. The molecule has 0 aromatic carbocycles. The van der Waals surface area contributed by atoms with Crippen molar-refractivity contribution in [1.29, 1.82) is 0 Å². The monoisotopic (exact) mass is 388 g/mol. The van der Waals surface area contributed by atoms with Gasteiger partial charge in [-0.25, -0.2) is 18.1 Å². The lowest BCUT2D eigenvalue weighted by atomic mass is 10.5. The average molecular weight is 390 g/mol. The highest BCUT2D eigenvalue weighted by Crippen LogP contribution is 2.22. The Labute approximate surface area is 130 Å². The lowest BCUT2D eigenvalue weighted by Crippen LogP contribution is -2.26. The number of pyridine rings is 1. The van der Waals surface area contributed by atoms with Crippen molar-refractivity contribution in [2.45, 2.75) is 11.3 Å². The lowest BCUT2D eigenvalue weighted by molar-refractivity contribution is 0.296. The average Bonchev–Trinajstić information content (AvgIpc) is 2.36. The molecular weight excluding hydrogens is 376 g/mol. The second kappa shape index (κ2) is 8.43. The van der Waals surface area contributed by atoms with Gasteiger partial charge in [-0.3, -0.25) is 0 Å². The van der Waals surface area contributed by atoms with Gasteiger partial charge in [-0.2, -0.15) is 11.8 Å². The van der Waals surface area contributed by atoms with Gasteiger partial charge in [0.15, 0.2) is 0 Å². The van der Waals surface area contributed by atoms with Crippen LogP contribution in [0.25, 0.3) is 0 Å². The standard InChI is InChI=1S/C10H14BrClN2O3S2/c11-8-6-9(10(12)13-7-8)19(16,17)14-2-5-18-4-1-3-15/h6-7,14-15H,1-5H2. The minimum atomic E-state index is -3.64. The summed E-state index contributed by atoms with van der Waals surface area (Å²) in [4.78, 5) is 3.74. The van der Waals surface area contributed by atoms with Gasteiger partial charge >= 0.3 is 0 Å². The third-order valence-electron chi connectivity index (χ3n) is 2.05. The first-order valence-electron chi connectivity index (χ1n) is 5.46. The number of halogens is 2. The first kappa shape index (κ1) is 17.2. The van der Waals surface area contributed by atoms with Crippen LogP contribution in [0.1, 0.15) is 6.42 Å². The predicted molar refractivity (Wildman–Crippen MR) is 81.2 cm³/mol. The highest BCUT2D eigenvalue weighted by atomic mass is 79.9. The Hall–Kier alpha value is 0.140. The second-order valence-electron chi connectivity index (χ2n) is 3.53. The van der Waals surface area contributed by atoms with E-state index < -0.39 is 10.0 Å². The number of aliphatic hydroxyl groups is 1. The van der Waals surface area contributed by atoms with Gasteiger partial charge in [-0.05, 0) is 34.2 Å². The van der Waals surface area contributed by atoms with Gasteiger partial charge in [0, 0.05) is 29.6 Å². The molecule has 0 atom stereocenters. The van der Waals surface area contributed by atoms with Crippen LogP contribution in [0, 0.1) is 0 Å². The fourth-order valence-corrected chi connectivity index (χ4v) is 4.07. The maximum absolute atomic E-state index is 12.0. The molecule has 0 saturated carbocycles. The molecule has 0 fully saturated rings. The Morgan fingerprint density at radius 3 is 2.89 bits per heavy atom. The van der Waals surface area contributed by atoms with Gasteiger partial charge in [0.25, 0.3) is 0 Å². The van der Waals surface area contributed by atoms with E-state index in [0.29, 0.717) is 23.2 Å². The Bertz CT molecular complexity index is 513. The maximum Gasteiger partial charge on any atom is 0.243 e. The molecule has 108 valence electrons. The van der Waals surface area contributed by atoms with Gasteiger partial charge < -0.3 is 5.11 Å². The Kier molecular flexibility index (Phi) is 7.63. The maximum atomic E-state index is 12.0. The highest BCUT2D eigenvalue weighted by Gasteiger charge is 2.18. The molecule has 1 aromatic heterocycles. The summed E-state index contributed by atoms with van der Waals surface area (Å²) in [5.74, 6) is 1.44. The summed E-state index contributed by atoms with van der Waals surface area (Å²) in [5.41, 5.74) is 0. The van der Waals surface area contributed by atoms with E-state index in [2.05, 4.69) is 25.6 Å². The van der Waals surface area contributed by atoms with Crippen LogP contribution in [-0.2, 0) is 10.0 Å². The van der Waals surface area contributed by atoms with Gasteiger partial charge in [-0.1, -0.05) is 11.6 Å². The van der Waals surface area contributed by atoms with E-state index in [9.17, 15) is 8.42 Å².